The van der Waals surface area contributed by atoms with Crippen LogP contribution in [-0.4, -0.2) is 36.9 Å². The lowest BCUT2D eigenvalue weighted by atomic mass is 10.2. The van der Waals surface area contributed by atoms with Gasteiger partial charge in [-0.2, -0.15) is 13.2 Å². The fourth-order valence-electron chi connectivity index (χ4n) is 0.894. The van der Waals surface area contributed by atoms with Crippen molar-refractivity contribution in [3.05, 3.63) is 0 Å². The van der Waals surface area contributed by atoms with Crippen molar-refractivity contribution in [3.63, 3.8) is 0 Å². The van der Waals surface area contributed by atoms with Crippen LogP contribution in [0.5, 0.6) is 0 Å². The maximum Gasteiger partial charge on any atom is 0.420 e. The Morgan fingerprint density at radius 1 is 1.27 bits per heavy atom. The van der Waals surface area contributed by atoms with Gasteiger partial charge in [0.1, 0.15) is 0 Å². The predicted octanol–water partition coefficient (Wildman–Crippen LogP) is 1.59. The molecule has 1 aliphatic rings. The summed E-state index contributed by atoms with van der Waals surface area (Å²) in [6.07, 6.45) is -6.48. The van der Waals surface area contributed by atoms with E-state index in [1.807, 2.05) is 0 Å². The van der Waals surface area contributed by atoms with Crippen molar-refractivity contribution >= 4 is 0 Å². The van der Waals surface area contributed by atoms with Crippen LogP contribution in [0.1, 0.15) is 6.42 Å². The van der Waals surface area contributed by atoms with E-state index in [-0.39, 0.29) is 0 Å². The third-order valence-electron chi connectivity index (χ3n) is 1.72. The number of hydrogen-bond donors (Lipinski definition) is 0. The highest BCUT2D eigenvalue weighted by atomic mass is 19.4. The van der Waals surface area contributed by atoms with Crippen molar-refractivity contribution in [3.8, 4) is 0 Å². The summed E-state index contributed by atoms with van der Waals surface area (Å²) in [5.74, 6) is 0. The minimum absolute atomic E-state index is 0.497. The van der Waals surface area contributed by atoms with Gasteiger partial charge >= 0.3 is 6.18 Å². The Kier molecular flexibility index (Phi) is 2.37. The molecule has 1 atom stereocenters. The van der Waals surface area contributed by atoms with Crippen LogP contribution in [0.3, 0.4) is 0 Å². The van der Waals surface area contributed by atoms with E-state index in [0.717, 1.165) is 6.42 Å². The molecule has 1 unspecified atom stereocenters. The van der Waals surface area contributed by atoms with Gasteiger partial charge in [-0.15, -0.1) is 0 Å². The molecule has 66 valence electrons. The van der Waals surface area contributed by atoms with Gasteiger partial charge < -0.3 is 0 Å². The number of rotatable bonds is 2. The summed E-state index contributed by atoms with van der Waals surface area (Å²) >= 11 is 0. The zero-order chi connectivity index (χ0) is 8.48. The van der Waals surface area contributed by atoms with E-state index < -0.39 is 18.9 Å². The van der Waals surface area contributed by atoms with Crippen LogP contribution >= 0.6 is 0 Å². The molecule has 5 heteroatoms. The number of likely N-dealkylation sites (tertiary alicyclic amines) is 1. The van der Waals surface area contributed by atoms with Gasteiger partial charge in [0.25, 0.3) is 0 Å². The zero-order valence-electron chi connectivity index (χ0n) is 5.86. The van der Waals surface area contributed by atoms with Gasteiger partial charge in [0.15, 0.2) is 0 Å². The Bertz CT molecular complexity index is 129. The normalized spacial score (nSPS) is 22.9. The molecule has 0 aromatic carbocycles. The van der Waals surface area contributed by atoms with Gasteiger partial charge in [0, 0.05) is 6.54 Å². The summed E-state index contributed by atoms with van der Waals surface area (Å²) in [7, 11) is 0. The monoisotopic (exact) mass is 171 g/mol. The van der Waals surface area contributed by atoms with Gasteiger partial charge in [-0.3, -0.25) is 4.90 Å². The molecule has 11 heavy (non-hydrogen) atoms. The topological polar surface area (TPSA) is 3.24 Å². The molecule has 0 bridgehead atoms. The quantitative estimate of drug-likeness (QED) is 0.570. The highest BCUT2D eigenvalue weighted by Crippen LogP contribution is 2.24. The largest absolute Gasteiger partial charge is 0.420 e. The number of hydrogen-bond acceptors (Lipinski definition) is 1. The van der Waals surface area contributed by atoms with Crippen LogP contribution in [0.2, 0.25) is 0 Å². The minimum Gasteiger partial charge on any atom is -0.300 e. The first-order valence-corrected chi connectivity index (χ1v) is 3.43. The second kappa shape index (κ2) is 2.97. The van der Waals surface area contributed by atoms with Crippen molar-refractivity contribution in [1.82, 2.24) is 4.90 Å². The van der Waals surface area contributed by atoms with E-state index in [1.54, 1.807) is 0 Å². The molecule has 1 aliphatic heterocycles. The highest BCUT2D eigenvalue weighted by Gasteiger charge is 2.41. The molecule has 0 spiro atoms. The van der Waals surface area contributed by atoms with Crippen molar-refractivity contribution in [2.24, 2.45) is 0 Å². The smallest absolute Gasteiger partial charge is 0.300 e. The lowest BCUT2D eigenvalue weighted by molar-refractivity contribution is -0.186. The standard InChI is InChI=1S/C6H9F4N/c7-5(6(8,9)10)4-11-2-1-3-11/h5H,1-4H2. The van der Waals surface area contributed by atoms with E-state index in [1.165, 1.54) is 4.90 Å². The van der Waals surface area contributed by atoms with Crippen LogP contribution in [-0.2, 0) is 0 Å². The Hall–Kier alpha value is -0.320. The number of nitrogens with zero attached hydrogens (tertiary/aromatic N) is 1. The molecule has 1 nitrogen and oxygen atoms in total. The predicted molar refractivity (Wildman–Crippen MR) is 32.0 cm³/mol. The summed E-state index contributed by atoms with van der Waals surface area (Å²) in [6.45, 7) is 0.691. The molecule has 0 amide bonds. The molecule has 0 aromatic rings. The molecule has 1 fully saturated rings. The number of alkyl halides is 4. The Morgan fingerprint density at radius 3 is 2.09 bits per heavy atom. The molecule has 0 radical (unpaired) electrons. The fourth-order valence-corrected chi connectivity index (χ4v) is 0.894. The zero-order valence-corrected chi connectivity index (χ0v) is 5.86. The molecule has 0 aliphatic carbocycles. The SMILES string of the molecule is FC(CN1CCC1)C(F)(F)F. The Morgan fingerprint density at radius 2 is 1.82 bits per heavy atom. The summed E-state index contributed by atoms with van der Waals surface area (Å²) in [4.78, 5) is 1.46. The first kappa shape index (κ1) is 8.77. The molecule has 1 heterocycles. The van der Waals surface area contributed by atoms with E-state index >= 15 is 0 Å². The molecule has 0 saturated carbocycles. The number of halogens is 4. The average molecular weight is 171 g/mol. The molecule has 0 aromatic heterocycles. The lowest BCUT2D eigenvalue weighted by Crippen LogP contribution is -2.45. The van der Waals surface area contributed by atoms with Crippen molar-refractivity contribution < 1.29 is 17.6 Å². The van der Waals surface area contributed by atoms with Gasteiger partial charge in [-0.1, -0.05) is 0 Å². The molecule has 1 rings (SSSR count). The molecular weight excluding hydrogens is 162 g/mol. The first-order chi connectivity index (χ1) is 5.00. The van der Waals surface area contributed by atoms with E-state index in [9.17, 15) is 17.6 Å². The Labute approximate surface area is 62.0 Å². The van der Waals surface area contributed by atoms with Crippen molar-refractivity contribution in [1.29, 1.82) is 0 Å². The maximum atomic E-state index is 12.2. The Balaban J connectivity index is 2.24. The molecule has 1 saturated heterocycles. The maximum absolute atomic E-state index is 12.2. The van der Waals surface area contributed by atoms with Crippen LogP contribution in [0, 0.1) is 0 Å². The summed E-state index contributed by atoms with van der Waals surface area (Å²) in [5.41, 5.74) is 0. The third kappa shape index (κ3) is 2.32. The minimum atomic E-state index is -4.68. The first-order valence-electron chi connectivity index (χ1n) is 3.43. The fraction of sp³-hybridized carbons (Fsp3) is 1.00. The van der Waals surface area contributed by atoms with Crippen LogP contribution < -0.4 is 0 Å². The van der Waals surface area contributed by atoms with Crippen molar-refractivity contribution in [2.75, 3.05) is 19.6 Å². The average Bonchev–Trinajstić information content (AvgIpc) is 1.75. The lowest BCUT2D eigenvalue weighted by Gasteiger charge is -2.32. The van der Waals surface area contributed by atoms with Crippen molar-refractivity contribution in [2.45, 2.75) is 18.8 Å². The van der Waals surface area contributed by atoms with Crippen LogP contribution in [0.25, 0.3) is 0 Å². The van der Waals surface area contributed by atoms with Gasteiger partial charge in [0.2, 0.25) is 6.17 Å². The van der Waals surface area contributed by atoms with Gasteiger partial charge in [-0.25, -0.2) is 4.39 Å². The molecule has 0 N–H and O–H groups in total. The highest BCUT2D eigenvalue weighted by molar-refractivity contribution is 4.76. The summed E-state index contributed by atoms with van der Waals surface area (Å²) in [6, 6.07) is 0. The van der Waals surface area contributed by atoms with E-state index in [4.69, 9.17) is 0 Å². The van der Waals surface area contributed by atoms with E-state index in [2.05, 4.69) is 0 Å². The van der Waals surface area contributed by atoms with Gasteiger partial charge in [0.05, 0.1) is 0 Å². The van der Waals surface area contributed by atoms with Crippen LogP contribution in [0.4, 0.5) is 17.6 Å². The second-order valence-electron chi connectivity index (χ2n) is 2.66. The summed E-state index contributed by atoms with van der Waals surface area (Å²) < 4.78 is 46.9. The molecular formula is C6H9F4N. The van der Waals surface area contributed by atoms with E-state index in [0.29, 0.717) is 13.1 Å². The van der Waals surface area contributed by atoms with Gasteiger partial charge in [-0.05, 0) is 19.5 Å². The van der Waals surface area contributed by atoms with Crippen LogP contribution in [0.15, 0.2) is 0 Å². The summed E-state index contributed by atoms with van der Waals surface area (Å²) in [5, 5.41) is 0. The second-order valence-corrected chi connectivity index (χ2v) is 2.66. The third-order valence-corrected chi connectivity index (χ3v) is 1.72.